The number of hydrogen-bond acceptors (Lipinski definition) is 4. The third-order valence-electron chi connectivity index (χ3n) is 4.91. The van der Waals surface area contributed by atoms with Crippen LogP contribution in [0.1, 0.15) is 30.2 Å². The van der Waals surface area contributed by atoms with E-state index in [9.17, 15) is 4.79 Å². The van der Waals surface area contributed by atoms with Crippen LogP contribution in [-0.2, 0) is 11.2 Å². The van der Waals surface area contributed by atoms with E-state index >= 15 is 0 Å². The number of nitrogens with one attached hydrogen (secondary N) is 1. The Kier molecular flexibility index (Phi) is 4.68. The second-order valence-corrected chi connectivity index (χ2v) is 7.02. The monoisotopic (exact) mass is 360 g/mol. The maximum absolute atomic E-state index is 12.6. The number of fused-ring (bicyclic) bond motifs is 1. The van der Waals surface area contributed by atoms with Gasteiger partial charge in [-0.1, -0.05) is 11.6 Å². The lowest BCUT2D eigenvalue weighted by molar-refractivity contribution is -0.127. The third kappa shape index (κ3) is 3.53. The smallest absolute Gasteiger partial charge is 0.261 e. The van der Waals surface area contributed by atoms with Crippen LogP contribution < -0.4 is 10.1 Å². The highest BCUT2D eigenvalue weighted by Gasteiger charge is 2.31. The van der Waals surface area contributed by atoms with Crippen molar-refractivity contribution in [2.45, 2.75) is 31.4 Å². The lowest BCUT2D eigenvalue weighted by atomic mass is 10.1. The first-order valence-corrected chi connectivity index (χ1v) is 9.09. The van der Waals surface area contributed by atoms with Gasteiger partial charge in [0.15, 0.2) is 6.10 Å². The van der Waals surface area contributed by atoms with Crippen molar-refractivity contribution in [2.24, 2.45) is 0 Å². The molecule has 5 nitrogen and oxygen atoms in total. The van der Waals surface area contributed by atoms with Gasteiger partial charge in [0.1, 0.15) is 11.5 Å². The van der Waals surface area contributed by atoms with Crippen molar-refractivity contribution in [3.63, 3.8) is 0 Å². The van der Waals surface area contributed by atoms with Gasteiger partial charge in [-0.2, -0.15) is 0 Å². The summed E-state index contributed by atoms with van der Waals surface area (Å²) in [5.74, 6) is 1.54. The molecule has 0 spiro atoms. The highest BCUT2D eigenvalue weighted by molar-refractivity contribution is 6.30. The first kappa shape index (κ1) is 16.5. The van der Waals surface area contributed by atoms with Gasteiger partial charge in [-0.15, -0.1) is 0 Å². The summed E-state index contributed by atoms with van der Waals surface area (Å²) in [6, 6.07) is 9.39. The predicted molar refractivity (Wildman–Crippen MR) is 94.8 cm³/mol. The Morgan fingerprint density at radius 3 is 2.92 bits per heavy atom. The van der Waals surface area contributed by atoms with Crippen LogP contribution in [0.15, 0.2) is 41.0 Å². The van der Waals surface area contributed by atoms with E-state index in [0.717, 1.165) is 30.2 Å². The number of carbonyl (C=O) groups is 1. The van der Waals surface area contributed by atoms with Crippen molar-refractivity contribution < 1.29 is 13.9 Å². The minimum absolute atomic E-state index is 0.0691. The number of rotatable bonds is 5. The quantitative estimate of drug-likeness (QED) is 0.889. The Balaban J connectivity index is 1.39. The SMILES string of the molecule is O=C(NC[C@H](c1ccco1)N1CCCC1)[C@H]1Cc2cc(Cl)ccc2O1. The van der Waals surface area contributed by atoms with Gasteiger partial charge in [0, 0.05) is 18.0 Å². The van der Waals surface area contributed by atoms with Gasteiger partial charge < -0.3 is 14.5 Å². The van der Waals surface area contributed by atoms with E-state index in [1.54, 1.807) is 12.3 Å². The second-order valence-electron chi connectivity index (χ2n) is 6.58. The number of benzene rings is 1. The summed E-state index contributed by atoms with van der Waals surface area (Å²) in [5.41, 5.74) is 0.981. The van der Waals surface area contributed by atoms with E-state index in [2.05, 4.69) is 10.2 Å². The van der Waals surface area contributed by atoms with Gasteiger partial charge in [-0.25, -0.2) is 0 Å². The third-order valence-corrected chi connectivity index (χ3v) is 5.15. The van der Waals surface area contributed by atoms with Crippen LogP contribution in [0.3, 0.4) is 0 Å². The van der Waals surface area contributed by atoms with Gasteiger partial charge in [-0.05, 0) is 61.8 Å². The topological polar surface area (TPSA) is 54.7 Å². The van der Waals surface area contributed by atoms with Gasteiger partial charge in [0.2, 0.25) is 0 Å². The zero-order valence-electron chi connectivity index (χ0n) is 13.9. The lowest BCUT2D eigenvalue weighted by Gasteiger charge is -2.26. The van der Waals surface area contributed by atoms with Crippen molar-refractivity contribution in [1.29, 1.82) is 0 Å². The van der Waals surface area contributed by atoms with Crippen molar-refractivity contribution in [3.05, 3.63) is 52.9 Å². The minimum atomic E-state index is -0.496. The van der Waals surface area contributed by atoms with Crippen LogP contribution >= 0.6 is 11.6 Å². The molecule has 1 fully saturated rings. The zero-order valence-corrected chi connectivity index (χ0v) is 14.7. The van der Waals surface area contributed by atoms with E-state index in [-0.39, 0.29) is 11.9 Å². The standard InChI is InChI=1S/C19H21ClN2O3/c20-14-5-6-16-13(10-14)11-18(25-16)19(23)21-12-15(17-4-3-9-24-17)22-7-1-2-8-22/h3-6,9-10,15,18H,1-2,7-8,11-12H2,(H,21,23)/t15-,18-/m1/s1. The molecule has 6 heteroatoms. The predicted octanol–water partition coefficient (Wildman–Crippen LogP) is 3.19. The van der Waals surface area contributed by atoms with E-state index < -0.39 is 6.10 Å². The van der Waals surface area contributed by atoms with Gasteiger partial charge in [0.05, 0.1) is 12.3 Å². The molecule has 132 valence electrons. The molecule has 1 amide bonds. The Hall–Kier alpha value is -1.98. The summed E-state index contributed by atoms with van der Waals surface area (Å²) >= 11 is 6.01. The Bertz CT molecular complexity index is 741. The fraction of sp³-hybridized carbons (Fsp3) is 0.421. The molecule has 0 aliphatic carbocycles. The summed E-state index contributed by atoms with van der Waals surface area (Å²) < 4.78 is 11.4. The maximum atomic E-state index is 12.6. The van der Waals surface area contributed by atoms with Gasteiger partial charge >= 0.3 is 0 Å². The van der Waals surface area contributed by atoms with Crippen LogP contribution in [-0.4, -0.2) is 36.5 Å². The Labute approximate surface area is 151 Å². The Morgan fingerprint density at radius 2 is 2.16 bits per heavy atom. The van der Waals surface area contributed by atoms with Crippen LogP contribution in [0.4, 0.5) is 0 Å². The number of carbonyl (C=O) groups excluding carboxylic acids is 1. The molecular weight excluding hydrogens is 340 g/mol. The molecule has 0 bridgehead atoms. The van der Waals surface area contributed by atoms with Crippen LogP contribution in [0.5, 0.6) is 5.75 Å². The normalized spacial score (nSPS) is 20.9. The summed E-state index contributed by atoms with van der Waals surface area (Å²) in [4.78, 5) is 14.9. The molecule has 4 rings (SSSR count). The molecule has 0 radical (unpaired) electrons. The number of hydrogen-bond donors (Lipinski definition) is 1. The molecular formula is C19H21ClN2O3. The largest absolute Gasteiger partial charge is 0.480 e. The lowest BCUT2D eigenvalue weighted by Crippen LogP contribution is -2.42. The van der Waals surface area contributed by atoms with Crippen LogP contribution in [0.25, 0.3) is 0 Å². The number of likely N-dealkylation sites (tertiary alicyclic amines) is 1. The minimum Gasteiger partial charge on any atom is -0.480 e. The summed E-state index contributed by atoms with van der Waals surface area (Å²) in [6.45, 7) is 2.58. The number of furan rings is 1. The average Bonchev–Trinajstić information content (AvgIpc) is 3.36. The highest BCUT2D eigenvalue weighted by atomic mass is 35.5. The van der Waals surface area contributed by atoms with Crippen LogP contribution in [0, 0.1) is 0 Å². The molecule has 2 atom stereocenters. The Morgan fingerprint density at radius 1 is 1.32 bits per heavy atom. The maximum Gasteiger partial charge on any atom is 0.261 e. The molecule has 1 N–H and O–H groups in total. The molecule has 0 unspecified atom stereocenters. The van der Waals surface area contributed by atoms with Crippen molar-refractivity contribution in [3.8, 4) is 5.75 Å². The van der Waals surface area contributed by atoms with E-state index in [0.29, 0.717) is 18.0 Å². The molecule has 3 heterocycles. The van der Waals surface area contributed by atoms with E-state index in [1.165, 1.54) is 12.8 Å². The number of halogens is 1. The highest BCUT2D eigenvalue weighted by Crippen LogP contribution is 2.31. The second kappa shape index (κ2) is 7.10. The summed E-state index contributed by atoms with van der Waals surface area (Å²) in [5, 5.41) is 3.70. The van der Waals surface area contributed by atoms with E-state index in [4.69, 9.17) is 20.8 Å². The van der Waals surface area contributed by atoms with Crippen LogP contribution in [0.2, 0.25) is 5.02 Å². The summed E-state index contributed by atoms with van der Waals surface area (Å²) in [6.07, 6.45) is 4.11. The van der Waals surface area contributed by atoms with Crippen molar-refractivity contribution >= 4 is 17.5 Å². The van der Waals surface area contributed by atoms with E-state index in [1.807, 2.05) is 24.3 Å². The number of amides is 1. The molecule has 2 aliphatic rings. The number of ether oxygens (including phenoxy) is 1. The van der Waals surface area contributed by atoms with Gasteiger partial charge in [-0.3, -0.25) is 9.69 Å². The summed E-state index contributed by atoms with van der Waals surface area (Å²) in [7, 11) is 0. The molecule has 0 saturated carbocycles. The first-order valence-electron chi connectivity index (χ1n) is 8.71. The molecule has 1 aromatic heterocycles. The first-order chi connectivity index (χ1) is 12.2. The molecule has 1 aromatic carbocycles. The average molecular weight is 361 g/mol. The molecule has 1 saturated heterocycles. The molecule has 2 aliphatic heterocycles. The van der Waals surface area contributed by atoms with Crippen molar-refractivity contribution in [2.75, 3.05) is 19.6 Å². The van der Waals surface area contributed by atoms with Crippen molar-refractivity contribution in [1.82, 2.24) is 10.2 Å². The number of nitrogens with zero attached hydrogens (tertiary/aromatic N) is 1. The zero-order chi connectivity index (χ0) is 17.2. The molecule has 25 heavy (non-hydrogen) atoms. The van der Waals surface area contributed by atoms with Gasteiger partial charge in [0.25, 0.3) is 5.91 Å². The molecule has 2 aromatic rings. The fourth-order valence-electron chi connectivity index (χ4n) is 3.62. The fourth-order valence-corrected chi connectivity index (χ4v) is 3.81.